The lowest BCUT2D eigenvalue weighted by Crippen LogP contribution is -2.07. The van der Waals surface area contributed by atoms with E-state index in [1.54, 1.807) is 6.92 Å². The van der Waals surface area contributed by atoms with Gasteiger partial charge in [0.05, 0.1) is 17.7 Å². The lowest BCUT2D eigenvalue weighted by Gasteiger charge is -2.05. The summed E-state index contributed by atoms with van der Waals surface area (Å²) in [7, 11) is 1.22. The molecule has 2 aromatic rings. The molecular weight excluding hydrogens is 334 g/mol. The number of methoxy groups -OCH3 is 1. The zero-order valence-corrected chi connectivity index (χ0v) is 12.9. The molecule has 2 rings (SSSR count). The molecule has 0 amide bonds. The van der Waals surface area contributed by atoms with Crippen LogP contribution in [0.25, 0.3) is 0 Å². The van der Waals surface area contributed by atoms with Crippen LogP contribution in [0, 0.1) is 18.6 Å². The van der Waals surface area contributed by atoms with Crippen molar-refractivity contribution in [2.24, 2.45) is 0 Å². The van der Waals surface area contributed by atoms with E-state index in [2.05, 4.69) is 4.74 Å². The third-order valence-corrected chi connectivity index (χ3v) is 3.26. The number of rotatable bonds is 4. The number of esters is 2. The highest BCUT2D eigenvalue weighted by Crippen LogP contribution is 2.22. The highest BCUT2D eigenvalue weighted by atomic mass is 35.5. The first-order valence-electron chi connectivity index (χ1n) is 6.32. The zero-order valence-electron chi connectivity index (χ0n) is 12.1. The molecule has 8 heteroatoms. The number of benzene rings is 1. The molecule has 1 aromatic carbocycles. The molecule has 122 valence electrons. The third kappa shape index (κ3) is 3.68. The Morgan fingerprint density at radius 1 is 1.13 bits per heavy atom. The Morgan fingerprint density at radius 2 is 1.78 bits per heavy atom. The van der Waals surface area contributed by atoms with Gasteiger partial charge >= 0.3 is 11.9 Å². The fourth-order valence-electron chi connectivity index (χ4n) is 1.82. The molecular formula is C15H11ClF2O5. The fourth-order valence-corrected chi connectivity index (χ4v) is 2.05. The van der Waals surface area contributed by atoms with Gasteiger partial charge in [-0.3, -0.25) is 0 Å². The van der Waals surface area contributed by atoms with E-state index in [1.165, 1.54) is 13.2 Å². The first-order chi connectivity index (χ1) is 10.8. The predicted molar refractivity (Wildman–Crippen MR) is 75.3 cm³/mol. The second kappa shape index (κ2) is 6.78. The van der Waals surface area contributed by atoms with Crippen LogP contribution in [0.4, 0.5) is 8.78 Å². The lowest BCUT2D eigenvalue weighted by atomic mass is 10.2. The maximum atomic E-state index is 13.2. The van der Waals surface area contributed by atoms with Crippen LogP contribution in [-0.4, -0.2) is 19.0 Å². The maximum absolute atomic E-state index is 13.2. The smallest absolute Gasteiger partial charge is 0.341 e. The van der Waals surface area contributed by atoms with Crippen LogP contribution in [0.2, 0.25) is 5.02 Å². The van der Waals surface area contributed by atoms with E-state index in [4.69, 9.17) is 20.8 Å². The van der Waals surface area contributed by atoms with Crippen LogP contribution >= 0.6 is 11.6 Å². The molecule has 0 aliphatic heterocycles. The van der Waals surface area contributed by atoms with Crippen molar-refractivity contribution in [3.8, 4) is 0 Å². The molecule has 0 atom stereocenters. The minimum Gasteiger partial charge on any atom is -0.465 e. The largest absolute Gasteiger partial charge is 0.465 e. The van der Waals surface area contributed by atoms with E-state index in [1.807, 2.05) is 0 Å². The molecule has 0 spiro atoms. The van der Waals surface area contributed by atoms with Gasteiger partial charge in [0.15, 0.2) is 11.6 Å². The second-order valence-electron chi connectivity index (χ2n) is 4.50. The average Bonchev–Trinajstić information content (AvgIpc) is 2.88. The van der Waals surface area contributed by atoms with Gasteiger partial charge in [0.25, 0.3) is 0 Å². The summed E-state index contributed by atoms with van der Waals surface area (Å²) >= 11 is 5.68. The Bertz CT molecular complexity index is 769. The van der Waals surface area contributed by atoms with E-state index >= 15 is 0 Å². The number of carbonyl (C=O) groups is 2. The van der Waals surface area contributed by atoms with Gasteiger partial charge in [-0.15, -0.1) is 0 Å². The highest BCUT2D eigenvalue weighted by molar-refractivity contribution is 6.33. The SMILES string of the molecule is COC(=O)c1cc(COC(=O)c2cc(F)c(F)cc2Cl)oc1C. The molecule has 0 aliphatic rings. The quantitative estimate of drug-likeness (QED) is 0.625. The van der Waals surface area contributed by atoms with Crippen molar-refractivity contribution in [2.75, 3.05) is 7.11 Å². The summed E-state index contributed by atoms with van der Waals surface area (Å²) in [5, 5.41) is -0.278. The van der Waals surface area contributed by atoms with Crippen molar-refractivity contribution < 1.29 is 32.3 Å². The second-order valence-corrected chi connectivity index (χ2v) is 4.90. The van der Waals surface area contributed by atoms with Crippen molar-refractivity contribution in [1.29, 1.82) is 0 Å². The topological polar surface area (TPSA) is 65.7 Å². The molecule has 0 aliphatic carbocycles. The van der Waals surface area contributed by atoms with Crippen LogP contribution in [0.15, 0.2) is 22.6 Å². The third-order valence-electron chi connectivity index (χ3n) is 2.95. The van der Waals surface area contributed by atoms with Crippen LogP contribution < -0.4 is 0 Å². The minimum absolute atomic E-state index is 0.190. The summed E-state index contributed by atoms with van der Waals surface area (Å²) in [6, 6.07) is 2.69. The van der Waals surface area contributed by atoms with Gasteiger partial charge in [-0.05, 0) is 25.1 Å². The molecule has 5 nitrogen and oxygen atoms in total. The molecule has 0 fully saturated rings. The molecule has 23 heavy (non-hydrogen) atoms. The Hall–Kier alpha value is -2.41. The van der Waals surface area contributed by atoms with E-state index in [9.17, 15) is 18.4 Å². The Kier molecular flexibility index (Phi) is 5.00. The Balaban J connectivity index is 2.11. The van der Waals surface area contributed by atoms with E-state index in [-0.39, 0.29) is 28.5 Å². The lowest BCUT2D eigenvalue weighted by molar-refractivity contribution is 0.0443. The maximum Gasteiger partial charge on any atom is 0.341 e. The molecule has 0 bridgehead atoms. The standard InChI is InChI=1S/C15H11ClF2O5/c1-7-9(14(19)21-2)3-8(23-7)6-22-15(20)10-4-12(17)13(18)5-11(10)16/h3-5H,6H2,1-2H3. The number of aryl methyl sites for hydroxylation is 1. The molecule has 0 unspecified atom stereocenters. The van der Waals surface area contributed by atoms with Gasteiger partial charge in [0, 0.05) is 0 Å². The van der Waals surface area contributed by atoms with Gasteiger partial charge in [0.2, 0.25) is 0 Å². The molecule has 0 N–H and O–H groups in total. The van der Waals surface area contributed by atoms with Crippen molar-refractivity contribution in [1.82, 2.24) is 0 Å². The summed E-state index contributed by atoms with van der Waals surface area (Å²) in [5.74, 6) is -3.45. The highest BCUT2D eigenvalue weighted by Gasteiger charge is 2.19. The monoisotopic (exact) mass is 344 g/mol. The Morgan fingerprint density at radius 3 is 2.43 bits per heavy atom. The van der Waals surface area contributed by atoms with Crippen molar-refractivity contribution in [3.63, 3.8) is 0 Å². The normalized spacial score (nSPS) is 10.5. The van der Waals surface area contributed by atoms with E-state index < -0.39 is 23.6 Å². The molecule has 0 radical (unpaired) electrons. The summed E-state index contributed by atoms with van der Waals surface area (Å²) in [5.41, 5.74) is -0.119. The first-order valence-corrected chi connectivity index (χ1v) is 6.70. The number of furan rings is 1. The van der Waals surface area contributed by atoms with Crippen LogP contribution in [0.5, 0.6) is 0 Å². The summed E-state index contributed by atoms with van der Waals surface area (Å²) in [6.45, 7) is 1.23. The number of hydrogen-bond acceptors (Lipinski definition) is 5. The number of carbonyl (C=O) groups excluding carboxylic acids is 2. The number of ether oxygens (including phenoxy) is 2. The predicted octanol–water partition coefficient (Wildman–Crippen LogP) is 3.66. The fraction of sp³-hybridized carbons (Fsp3) is 0.200. The van der Waals surface area contributed by atoms with Gasteiger partial charge in [-0.25, -0.2) is 18.4 Å². The van der Waals surface area contributed by atoms with E-state index in [0.717, 1.165) is 0 Å². The Labute approximate surface area is 134 Å². The van der Waals surface area contributed by atoms with E-state index in [0.29, 0.717) is 17.9 Å². The van der Waals surface area contributed by atoms with Gasteiger partial charge in [-0.1, -0.05) is 11.6 Å². The molecule has 0 saturated heterocycles. The number of hydrogen-bond donors (Lipinski definition) is 0. The summed E-state index contributed by atoms with van der Waals surface area (Å²) in [4.78, 5) is 23.3. The number of halogens is 3. The average molecular weight is 345 g/mol. The van der Waals surface area contributed by atoms with Crippen LogP contribution in [0.1, 0.15) is 32.2 Å². The minimum atomic E-state index is -1.22. The van der Waals surface area contributed by atoms with Crippen molar-refractivity contribution >= 4 is 23.5 Å². The van der Waals surface area contributed by atoms with Gasteiger partial charge < -0.3 is 13.9 Å². The van der Waals surface area contributed by atoms with Crippen LogP contribution in [-0.2, 0) is 16.1 Å². The van der Waals surface area contributed by atoms with Crippen molar-refractivity contribution in [3.05, 3.63) is 57.5 Å². The molecule has 1 heterocycles. The summed E-state index contributed by atoms with van der Waals surface area (Å²) in [6.07, 6.45) is 0. The van der Waals surface area contributed by atoms with Crippen molar-refractivity contribution in [2.45, 2.75) is 13.5 Å². The zero-order chi connectivity index (χ0) is 17.1. The first kappa shape index (κ1) is 17.0. The van der Waals surface area contributed by atoms with Crippen LogP contribution in [0.3, 0.4) is 0 Å². The summed E-state index contributed by atoms with van der Waals surface area (Å²) < 4.78 is 40.8. The van der Waals surface area contributed by atoms with Gasteiger partial charge in [-0.2, -0.15) is 0 Å². The molecule has 1 aromatic heterocycles. The van der Waals surface area contributed by atoms with Gasteiger partial charge in [0.1, 0.15) is 23.7 Å². The molecule has 0 saturated carbocycles.